The Morgan fingerprint density at radius 2 is 2.20 bits per heavy atom. The van der Waals surface area contributed by atoms with E-state index in [-0.39, 0.29) is 5.91 Å². The molecule has 4 nitrogen and oxygen atoms in total. The van der Waals surface area contributed by atoms with E-state index >= 15 is 0 Å². The molecule has 1 aliphatic carbocycles. The van der Waals surface area contributed by atoms with Gasteiger partial charge in [-0.3, -0.25) is 4.79 Å². The molecular weight excluding hydrogens is 250 g/mol. The molecule has 0 atom stereocenters. The predicted molar refractivity (Wildman–Crippen MR) is 80.4 cm³/mol. The van der Waals surface area contributed by atoms with Gasteiger partial charge in [-0.25, -0.2) is 0 Å². The van der Waals surface area contributed by atoms with Crippen molar-refractivity contribution >= 4 is 16.8 Å². The number of hydrogen-bond acceptors (Lipinski definition) is 2. The third-order valence-electron chi connectivity index (χ3n) is 3.84. The van der Waals surface area contributed by atoms with Crippen molar-refractivity contribution in [2.24, 2.45) is 5.92 Å². The normalized spacial score (nSPS) is 14.7. The SMILES string of the molecule is CNCc1cccc2ccn(CC(=O)NCC3CC3)c12. The standard InChI is InChI=1S/C16H21N3O/c1-17-10-14-4-2-3-13-7-8-19(16(13)14)11-15(20)18-9-12-5-6-12/h2-4,7-8,12,17H,5-6,9-11H2,1H3,(H,18,20). The van der Waals surface area contributed by atoms with Gasteiger partial charge in [-0.05, 0) is 42.8 Å². The Morgan fingerprint density at radius 1 is 1.35 bits per heavy atom. The van der Waals surface area contributed by atoms with Gasteiger partial charge in [0.15, 0.2) is 0 Å². The van der Waals surface area contributed by atoms with E-state index in [4.69, 9.17) is 0 Å². The first-order valence-electron chi connectivity index (χ1n) is 7.26. The Balaban J connectivity index is 1.77. The number of carbonyl (C=O) groups is 1. The second kappa shape index (κ2) is 5.67. The van der Waals surface area contributed by atoms with Crippen molar-refractivity contribution < 1.29 is 4.79 Å². The molecule has 0 unspecified atom stereocenters. The summed E-state index contributed by atoms with van der Waals surface area (Å²) in [6.07, 6.45) is 4.53. The van der Waals surface area contributed by atoms with Crippen LogP contribution in [0.2, 0.25) is 0 Å². The van der Waals surface area contributed by atoms with Crippen LogP contribution in [-0.2, 0) is 17.9 Å². The number of hydrogen-bond donors (Lipinski definition) is 2. The fourth-order valence-electron chi connectivity index (χ4n) is 2.60. The van der Waals surface area contributed by atoms with Crippen LogP contribution >= 0.6 is 0 Å². The summed E-state index contributed by atoms with van der Waals surface area (Å²) in [6, 6.07) is 8.33. The van der Waals surface area contributed by atoms with E-state index in [1.165, 1.54) is 23.8 Å². The van der Waals surface area contributed by atoms with E-state index in [9.17, 15) is 4.79 Å². The van der Waals surface area contributed by atoms with Crippen LogP contribution in [0, 0.1) is 5.92 Å². The molecule has 3 rings (SSSR count). The summed E-state index contributed by atoms with van der Waals surface area (Å²) in [4.78, 5) is 12.0. The van der Waals surface area contributed by atoms with E-state index in [1.807, 2.05) is 17.8 Å². The van der Waals surface area contributed by atoms with Crippen LogP contribution in [-0.4, -0.2) is 24.1 Å². The van der Waals surface area contributed by atoms with Crippen LogP contribution in [0.5, 0.6) is 0 Å². The molecule has 0 spiro atoms. The number of benzene rings is 1. The minimum Gasteiger partial charge on any atom is -0.354 e. The van der Waals surface area contributed by atoms with Crippen molar-refractivity contribution in [1.29, 1.82) is 0 Å². The highest BCUT2D eigenvalue weighted by atomic mass is 16.1. The van der Waals surface area contributed by atoms with Gasteiger partial charge >= 0.3 is 0 Å². The first-order chi connectivity index (χ1) is 9.78. The second-order valence-electron chi connectivity index (χ2n) is 5.58. The molecule has 0 saturated heterocycles. The molecule has 1 amide bonds. The van der Waals surface area contributed by atoms with Gasteiger partial charge in [0, 0.05) is 19.3 Å². The Morgan fingerprint density at radius 3 is 2.95 bits per heavy atom. The van der Waals surface area contributed by atoms with Crippen molar-refractivity contribution in [3.8, 4) is 0 Å². The summed E-state index contributed by atoms with van der Waals surface area (Å²) in [5.74, 6) is 0.828. The maximum Gasteiger partial charge on any atom is 0.239 e. The fourth-order valence-corrected chi connectivity index (χ4v) is 2.60. The number of nitrogens with zero attached hydrogens (tertiary/aromatic N) is 1. The maximum absolute atomic E-state index is 12.0. The molecule has 1 saturated carbocycles. The van der Waals surface area contributed by atoms with E-state index in [0.717, 1.165) is 24.5 Å². The summed E-state index contributed by atoms with van der Waals surface area (Å²) in [6.45, 7) is 2.05. The van der Waals surface area contributed by atoms with Gasteiger partial charge < -0.3 is 15.2 Å². The minimum absolute atomic E-state index is 0.105. The van der Waals surface area contributed by atoms with E-state index < -0.39 is 0 Å². The van der Waals surface area contributed by atoms with Crippen LogP contribution in [0.4, 0.5) is 0 Å². The number of carbonyl (C=O) groups excluding carboxylic acids is 1. The third kappa shape index (κ3) is 2.85. The van der Waals surface area contributed by atoms with E-state index in [0.29, 0.717) is 6.54 Å². The molecule has 1 aromatic heterocycles. The molecule has 20 heavy (non-hydrogen) atoms. The Bertz CT molecular complexity index is 613. The number of rotatable bonds is 6. The largest absolute Gasteiger partial charge is 0.354 e. The van der Waals surface area contributed by atoms with Gasteiger partial charge in [-0.2, -0.15) is 0 Å². The fraction of sp³-hybridized carbons (Fsp3) is 0.438. The van der Waals surface area contributed by atoms with Crippen molar-refractivity contribution in [3.05, 3.63) is 36.0 Å². The molecule has 2 N–H and O–H groups in total. The van der Waals surface area contributed by atoms with Crippen LogP contribution in [0.15, 0.2) is 30.5 Å². The number of para-hydroxylation sites is 1. The van der Waals surface area contributed by atoms with Gasteiger partial charge in [0.2, 0.25) is 5.91 Å². The first kappa shape index (κ1) is 13.2. The van der Waals surface area contributed by atoms with Crippen molar-refractivity contribution in [1.82, 2.24) is 15.2 Å². The molecule has 1 heterocycles. The third-order valence-corrected chi connectivity index (χ3v) is 3.84. The molecule has 106 valence electrons. The highest BCUT2D eigenvalue weighted by Crippen LogP contribution is 2.27. The Labute approximate surface area is 119 Å². The van der Waals surface area contributed by atoms with Gasteiger partial charge in [-0.1, -0.05) is 18.2 Å². The first-order valence-corrected chi connectivity index (χ1v) is 7.26. The van der Waals surface area contributed by atoms with Crippen LogP contribution < -0.4 is 10.6 Å². The average Bonchev–Trinajstić information content (AvgIpc) is 3.19. The molecule has 4 heteroatoms. The molecular formula is C16H21N3O. The van der Waals surface area contributed by atoms with Crippen molar-refractivity contribution in [2.45, 2.75) is 25.9 Å². The smallest absolute Gasteiger partial charge is 0.239 e. The Kier molecular flexibility index (Phi) is 3.74. The second-order valence-corrected chi connectivity index (χ2v) is 5.58. The summed E-state index contributed by atoms with van der Waals surface area (Å²) < 4.78 is 2.05. The highest BCUT2D eigenvalue weighted by molar-refractivity contribution is 5.85. The van der Waals surface area contributed by atoms with Gasteiger partial charge in [0.1, 0.15) is 6.54 Å². The number of aromatic nitrogens is 1. The van der Waals surface area contributed by atoms with Crippen molar-refractivity contribution in [2.75, 3.05) is 13.6 Å². The van der Waals surface area contributed by atoms with Crippen LogP contribution in [0.3, 0.4) is 0 Å². The summed E-state index contributed by atoms with van der Waals surface area (Å²) in [5, 5.41) is 7.39. The van der Waals surface area contributed by atoms with E-state index in [2.05, 4.69) is 34.9 Å². The molecule has 1 fully saturated rings. The molecule has 2 aromatic rings. The zero-order valence-electron chi connectivity index (χ0n) is 11.9. The predicted octanol–water partition coefficient (Wildman–Crippen LogP) is 1.89. The number of fused-ring (bicyclic) bond motifs is 1. The molecule has 0 radical (unpaired) electrons. The lowest BCUT2D eigenvalue weighted by molar-refractivity contribution is -0.121. The molecule has 1 aromatic carbocycles. The highest BCUT2D eigenvalue weighted by Gasteiger charge is 2.21. The average molecular weight is 271 g/mol. The number of nitrogens with one attached hydrogen (secondary N) is 2. The van der Waals surface area contributed by atoms with Gasteiger partial charge in [0.25, 0.3) is 0 Å². The minimum atomic E-state index is 0.105. The molecule has 1 aliphatic rings. The summed E-state index contributed by atoms with van der Waals surface area (Å²) >= 11 is 0. The van der Waals surface area contributed by atoms with Gasteiger partial charge in [-0.15, -0.1) is 0 Å². The maximum atomic E-state index is 12.0. The summed E-state index contributed by atoms with van der Waals surface area (Å²) in [7, 11) is 1.94. The lowest BCUT2D eigenvalue weighted by Crippen LogP contribution is -2.29. The lowest BCUT2D eigenvalue weighted by atomic mass is 10.1. The topological polar surface area (TPSA) is 46.1 Å². The zero-order valence-corrected chi connectivity index (χ0v) is 11.9. The van der Waals surface area contributed by atoms with E-state index in [1.54, 1.807) is 0 Å². The monoisotopic (exact) mass is 271 g/mol. The summed E-state index contributed by atoms with van der Waals surface area (Å²) in [5.41, 5.74) is 2.38. The van der Waals surface area contributed by atoms with Crippen LogP contribution in [0.25, 0.3) is 10.9 Å². The lowest BCUT2D eigenvalue weighted by Gasteiger charge is -2.10. The molecule has 0 bridgehead atoms. The van der Waals surface area contributed by atoms with Crippen molar-refractivity contribution in [3.63, 3.8) is 0 Å². The molecule has 0 aliphatic heterocycles. The van der Waals surface area contributed by atoms with Crippen LogP contribution in [0.1, 0.15) is 18.4 Å². The Hall–Kier alpha value is -1.81. The number of amides is 1. The zero-order chi connectivity index (χ0) is 13.9. The quantitative estimate of drug-likeness (QED) is 0.843. The van der Waals surface area contributed by atoms with Gasteiger partial charge in [0.05, 0.1) is 5.52 Å².